The van der Waals surface area contributed by atoms with Crippen molar-refractivity contribution in [3.8, 4) is 0 Å². The van der Waals surface area contributed by atoms with Crippen LogP contribution in [0.5, 0.6) is 0 Å². The van der Waals surface area contributed by atoms with E-state index in [9.17, 15) is 0 Å². The molecule has 0 spiro atoms. The van der Waals surface area contributed by atoms with Crippen LogP contribution in [0, 0.1) is 6.92 Å². The number of hydrogen-bond acceptors (Lipinski definition) is 2. The molecule has 0 bridgehead atoms. The molecule has 4 heteroatoms. The summed E-state index contributed by atoms with van der Waals surface area (Å²) >= 11 is 6.53. The van der Waals surface area contributed by atoms with Crippen LogP contribution in [0.15, 0.2) is 15.5 Å². The Kier molecular flexibility index (Phi) is 2.18. The molecule has 0 atom stereocenters. The molecule has 0 aromatic carbocycles. The zero-order valence-electron chi connectivity index (χ0n) is 4.73. The van der Waals surface area contributed by atoms with E-state index in [0.717, 1.165) is 14.8 Å². The first-order valence-corrected chi connectivity index (χ1v) is 3.93. The molecule has 1 aromatic rings. The van der Waals surface area contributed by atoms with Crippen molar-refractivity contribution in [1.82, 2.24) is 9.97 Å². The Hall–Kier alpha value is 0.0400. The van der Waals surface area contributed by atoms with Crippen LogP contribution in [-0.4, -0.2) is 9.97 Å². The highest BCUT2D eigenvalue weighted by molar-refractivity contribution is 9.11. The van der Waals surface area contributed by atoms with Gasteiger partial charge < -0.3 is 0 Å². The maximum absolute atomic E-state index is 3.92. The van der Waals surface area contributed by atoms with E-state index >= 15 is 0 Å². The van der Waals surface area contributed by atoms with Gasteiger partial charge in [0.1, 0.15) is 15.5 Å². The van der Waals surface area contributed by atoms with Crippen LogP contribution in [0.2, 0.25) is 0 Å². The lowest BCUT2D eigenvalue weighted by molar-refractivity contribution is 1.07. The van der Waals surface area contributed by atoms with Crippen molar-refractivity contribution < 1.29 is 0 Å². The molecule has 0 fully saturated rings. The molecule has 48 valence electrons. The van der Waals surface area contributed by atoms with Gasteiger partial charge in [-0.1, -0.05) is 0 Å². The monoisotopic (exact) mass is 250 g/mol. The second-order valence-corrected chi connectivity index (χ2v) is 3.08. The fraction of sp³-hybridized carbons (Fsp3) is 0.200. The molecule has 1 aromatic heterocycles. The highest BCUT2D eigenvalue weighted by Crippen LogP contribution is 2.18. The van der Waals surface area contributed by atoms with E-state index in [-0.39, 0.29) is 0 Å². The van der Waals surface area contributed by atoms with Gasteiger partial charge in [-0.05, 0) is 38.8 Å². The van der Waals surface area contributed by atoms with Crippen LogP contribution in [-0.2, 0) is 0 Å². The minimum absolute atomic E-state index is 0.837. The number of rotatable bonds is 0. The predicted molar refractivity (Wildman–Crippen MR) is 42.2 cm³/mol. The Labute approximate surface area is 70.0 Å². The molecule has 0 aliphatic rings. The van der Waals surface area contributed by atoms with E-state index in [1.807, 2.05) is 6.92 Å². The summed E-state index contributed by atoms with van der Waals surface area (Å²) in [7, 11) is 0. The lowest BCUT2D eigenvalue weighted by Gasteiger charge is -1.95. The van der Waals surface area contributed by atoms with Gasteiger partial charge in [0.2, 0.25) is 0 Å². The van der Waals surface area contributed by atoms with Gasteiger partial charge in [-0.25, -0.2) is 9.97 Å². The van der Waals surface area contributed by atoms with Crippen molar-refractivity contribution in [2.75, 3.05) is 0 Å². The van der Waals surface area contributed by atoms with Gasteiger partial charge in [0.15, 0.2) is 0 Å². The maximum atomic E-state index is 3.92. The second-order valence-electron chi connectivity index (χ2n) is 1.58. The normalized spacial score (nSPS) is 9.67. The summed E-state index contributed by atoms with van der Waals surface area (Å²) in [6.07, 6.45) is 1.50. The molecule has 0 aliphatic carbocycles. The van der Waals surface area contributed by atoms with Crippen molar-refractivity contribution in [2.24, 2.45) is 0 Å². The Balaban J connectivity index is 3.25. The van der Waals surface area contributed by atoms with Gasteiger partial charge in [-0.3, -0.25) is 0 Å². The first kappa shape index (κ1) is 7.15. The first-order chi connectivity index (χ1) is 4.22. The van der Waals surface area contributed by atoms with E-state index in [2.05, 4.69) is 41.8 Å². The summed E-state index contributed by atoms with van der Waals surface area (Å²) < 4.78 is 1.67. The highest BCUT2D eigenvalue weighted by Gasteiger charge is 1.98. The minimum Gasteiger partial charge on any atom is -0.229 e. The van der Waals surface area contributed by atoms with E-state index in [1.54, 1.807) is 0 Å². The van der Waals surface area contributed by atoms with Crippen LogP contribution in [0.25, 0.3) is 0 Å². The summed E-state index contributed by atoms with van der Waals surface area (Å²) in [5, 5.41) is 0. The van der Waals surface area contributed by atoms with Gasteiger partial charge in [0.25, 0.3) is 0 Å². The van der Waals surface area contributed by atoms with E-state index in [0.29, 0.717) is 0 Å². The van der Waals surface area contributed by atoms with E-state index in [1.165, 1.54) is 6.33 Å². The second kappa shape index (κ2) is 2.75. The number of aromatic nitrogens is 2. The van der Waals surface area contributed by atoms with Crippen LogP contribution < -0.4 is 0 Å². The third kappa shape index (κ3) is 1.49. The molecule has 2 nitrogen and oxygen atoms in total. The average molecular weight is 252 g/mol. The maximum Gasteiger partial charge on any atom is 0.118 e. The third-order valence-corrected chi connectivity index (χ3v) is 2.56. The van der Waals surface area contributed by atoms with Crippen LogP contribution >= 0.6 is 31.9 Å². The lowest BCUT2D eigenvalue weighted by Crippen LogP contribution is -1.85. The third-order valence-electron chi connectivity index (χ3n) is 0.961. The standard InChI is InChI=1S/C5H4Br2N2/c1-3-4(6)8-2-9-5(3)7/h2H,1H3. The molecular formula is C5H4Br2N2. The summed E-state index contributed by atoms with van der Waals surface area (Å²) in [4.78, 5) is 7.83. The molecule has 9 heavy (non-hydrogen) atoms. The van der Waals surface area contributed by atoms with Crippen LogP contribution in [0.3, 0.4) is 0 Å². The first-order valence-electron chi connectivity index (χ1n) is 2.34. The van der Waals surface area contributed by atoms with Crippen molar-refractivity contribution in [3.05, 3.63) is 21.1 Å². The smallest absolute Gasteiger partial charge is 0.118 e. The molecule has 1 rings (SSSR count). The van der Waals surface area contributed by atoms with E-state index in [4.69, 9.17) is 0 Å². The quantitative estimate of drug-likeness (QED) is 0.662. The van der Waals surface area contributed by atoms with Crippen molar-refractivity contribution in [3.63, 3.8) is 0 Å². The highest BCUT2D eigenvalue weighted by atomic mass is 79.9. The molecule has 0 amide bonds. The molecule has 0 unspecified atom stereocenters. The summed E-state index contributed by atoms with van der Waals surface area (Å²) in [6.45, 7) is 1.94. The summed E-state index contributed by atoms with van der Waals surface area (Å²) in [5.41, 5.74) is 1.03. The molecule has 0 saturated heterocycles. The SMILES string of the molecule is Cc1c(Br)ncnc1Br. The molecule has 0 aliphatic heterocycles. The van der Waals surface area contributed by atoms with Gasteiger partial charge >= 0.3 is 0 Å². The molecular weight excluding hydrogens is 248 g/mol. The zero-order valence-corrected chi connectivity index (χ0v) is 7.90. The lowest BCUT2D eigenvalue weighted by atomic mass is 10.4. The Morgan fingerprint density at radius 1 is 1.22 bits per heavy atom. The Morgan fingerprint density at radius 3 is 2.00 bits per heavy atom. The fourth-order valence-electron chi connectivity index (χ4n) is 0.409. The van der Waals surface area contributed by atoms with Crippen molar-refractivity contribution in [2.45, 2.75) is 6.92 Å². The van der Waals surface area contributed by atoms with Gasteiger partial charge in [-0.2, -0.15) is 0 Å². The number of hydrogen-bond donors (Lipinski definition) is 0. The van der Waals surface area contributed by atoms with E-state index < -0.39 is 0 Å². The average Bonchev–Trinajstić information content (AvgIpc) is 1.83. The molecule has 0 N–H and O–H groups in total. The fourth-order valence-corrected chi connectivity index (χ4v) is 1.23. The zero-order chi connectivity index (χ0) is 6.85. The van der Waals surface area contributed by atoms with Crippen LogP contribution in [0.4, 0.5) is 0 Å². The number of halogens is 2. The largest absolute Gasteiger partial charge is 0.229 e. The van der Waals surface area contributed by atoms with Crippen LogP contribution in [0.1, 0.15) is 5.56 Å². The molecule has 0 radical (unpaired) electrons. The van der Waals surface area contributed by atoms with Crippen molar-refractivity contribution >= 4 is 31.9 Å². The predicted octanol–water partition coefficient (Wildman–Crippen LogP) is 2.31. The molecule has 1 heterocycles. The Bertz CT molecular complexity index is 204. The van der Waals surface area contributed by atoms with Gasteiger partial charge in [-0.15, -0.1) is 0 Å². The van der Waals surface area contributed by atoms with Gasteiger partial charge in [0, 0.05) is 5.56 Å². The Morgan fingerprint density at radius 2 is 1.67 bits per heavy atom. The summed E-state index contributed by atoms with van der Waals surface area (Å²) in [5.74, 6) is 0. The number of nitrogens with zero attached hydrogens (tertiary/aromatic N) is 2. The summed E-state index contributed by atoms with van der Waals surface area (Å²) in [6, 6.07) is 0. The topological polar surface area (TPSA) is 25.8 Å². The minimum atomic E-state index is 0.837. The molecule has 0 saturated carbocycles. The van der Waals surface area contributed by atoms with Crippen molar-refractivity contribution in [1.29, 1.82) is 0 Å². The van der Waals surface area contributed by atoms with Gasteiger partial charge in [0.05, 0.1) is 0 Å².